The van der Waals surface area contributed by atoms with Gasteiger partial charge in [-0.15, -0.1) is 0 Å². The van der Waals surface area contributed by atoms with Gasteiger partial charge in [0.15, 0.2) is 5.78 Å². The minimum atomic E-state index is -0.0284. The molecular formula is C5H5BrO2. The van der Waals surface area contributed by atoms with Gasteiger partial charge in [0.1, 0.15) is 6.10 Å². The van der Waals surface area contributed by atoms with Crippen molar-refractivity contribution in [3.05, 3.63) is 0 Å². The second-order valence-corrected chi connectivity index (χ2v) is 3.37. The third kappa shape index (κ3) is 0.437. The molecule has 1 saturated carbocycles. The number of carbonyl (C=O) groups excluding carboxylic acids is 1. The van der Waals surface area contributed by atoms with Gasteiger partial charge >= 0.3 is 0 Å². The SMILES string of the molecule is O=C1C2OCC(Br)C12. The molecule has 3 atom stereocenters. The lowest BCUT2D eigenvalue weighted by atomic mass is 10.3. The Balaban J connectivity index is 2.17. The van der Waals surface area contributed by atoms with Crippen LogP contribution in [0.2, 0.25) is 0 Å². The van der Waals surface area contributed by atoms with Crippen LogP contribution in [0, 0.1) is 5.92 Å². The van der Waals surface area contributed by atoms with Gasteiger partial charge in [0.2, 0.25) is 0 Å². The molecule has 2 aliphatic rings. The largest absolute Gasteiger partial charge is 0.368 e. The first-order valence-corrected chi connectivity index (χ1v) is 3.51. The molecule has 44 valence electrons. The van der Waals surface area contributed by atoms with E-state index >= 15 is 0 Å². The zero-order valence-electron chi connectivity index (χ0n) is 4.13. The molecule has 2 fully saturated rings. The van der Waals surface area contributed by atoms with Crippen molar-refractivity contribution in [3.8, 4) is 0 Å². The average Bonchev–Trinajstić information content (AvgIpc) is 2.13. The predicted octanol–water partition coefficient (Wildman–Crippen LogP) is 0.348. The highest BCUT2D eigenvalue weighted by molar-refractivity contribution is 9.09. The zero-order chi connectivity index (χ0) is 5.72. The van der Waals surface area contributed by atoms with Crippen molar-refractivity contribution in [2.24, 2.45) is 5.92 Å². The van der Waals surface area contributed by atoms with Gasteiger partial charge in [-0.25, -0.2) is 0 Å². The molecule has 0 bridgehead atoms. The number of hydrogen-bond donors (Lipinski definition) is 0. The van der Waals surface area contributed by atoms with Gasteiger partial charge < -0.3 is 4.74 Å². The molecular weight excluding hydrogens is 172 g/mol. The lowest BCUT2D eigenvalue weighted by molar-refractivity contribution is -0.115. The summed E-state index contributed by atoms with van der Waals surface area (Å²) in [6, 6.07) is 0. The third-order valence-electron chi connectivity index (χ3n) is 1.65. The molecule has 2 nitrogen and oxygen atoms in total. The van der Waals surface area contributed by atoms with E-state index in [1.165, 1.54) is 0 Å². The summed E-state index contributed by atoms with van der Waals surface area (Å²) in [6.07, 6.45) is -0.0284. The van der Waals surface area contributed by atoms with E-state index < -0.39 is 0 Å². The standard InChI is InChI=1S/C5H5BrO2/c6-2-1-8-5-3(2)4(5)7/h2-3,5H,1H2. The average molecular weight is 177 g/mol. The number of ketones is 1. The second kappa shape index (κ2) is 1.33. The van der Waals surface area contributed by atoms with Crippen LogP contribution in [0.5, 0.6) is 0 Å². The fourth-order valence-electron chi connectivity index (χ4n) is 1.09. The number of alkyl halides is 1. The van der Waals surface area contributed by atoms with E-state index in [9.17, 15) is 4.79 Å². The summed E-state index contributed by atoms with van der Waals surface area (Å²) in [5, 5.41) is 0. The van der Waals surface area contributed by atoms with Gasteiger partial charge in [0.05, 0.1) is 17.4 Å². The van der Waals surface area contributed by atoms with Gasteiger partial charge in [-0.3, -0.25) is 4.79 Å². The van der Waals surface area contributed by atoms with E-state index in [0.29, 0.717) is 11.4 Å². The second-order valence-electron chi connectivity index (χ2n) is 2.20. The molecule has 2 rings (SSSR count). The summed E-state index contributed by atoms with van der Waals surface area (Å²) in [5.41, 5.74) is 0. The van der Waals surface area contributed by atoms with Crippen molar-refractivity contribution in [1.29, 1.82) is 0 Å². The molecule has 0 spiro atoms. The Morgan fingerprint density at radius 3 is 2.75 bits per heavy atom. The number of rotatable bonds is 0. The number of Topliss-reactive ketones (excluding diaryl/α,β-unsaturated/α-hetero) is 1. The van der Waals surface area contributed by atoms with E-state index in [1.807, 2.05) is 0 Å². The Labute approximate surface area is 55.3 Å². The van der Waals surface area contributed by atoms with Gasteiger partial charge in [-0.2, -0.15) is 0 Å². The van der Waals surface area contributed by atoms with Crippen LogP contribution in [-0.2, 0) is 9.53 Å². The van der Waals surface area contributed by atoms with Crippen LogP contribution in [0.4, 0.5) is 0 Å². The van der Waals surface area contributed by atoms with Crippen LogP contribution < -0.4 is 0 Å². The molecule has 0 aromatic heterocycles. The van der Waals surface area contributed by atoms with Crippen LogP contribution >= 0.6 is 15.9 Å². The third-order valence-corrected chi connectivity index (χ3v) is 2.48. The zero-order valence-corrected chi connectivity index (χ0v) is 5.72. The van der Waals surface area contributed by atoms with Crippen LogP contribution in [-0.4, -0.2) is 23.3 Å². The van der Waals surface area contributed by atoms with E-state index in [2.05, 4.69) is 15.9 Å². The molecule has 0 aromatic carbocycles. The fourth-order valence-corrected chi connectivity index (χ4v) is 1.78. The van der Waals surface area contributed by atoms with Crippen molar-refractivity contribution in [2.75, 3.05) is 6.61 Å². The topological polar surface area (TPSA) is 26.3 Å². The van der Waals surface area contributed by atoms with E-state index in [1.54, 1.807) is 0 Å². The maximum Gasteiger partial charge on any atom is 0.169 e. The molecule has 1 aliphatic heterocycles. The number of carbonyl (C=O) groups is 1. The highest BCUT2D eigenvalue weighted by Gasteiger charge is 2.58. The highest BCUT2D eigenvalue weighted by Crippen LogP contribution is 2.41. The molecule has 0 radical (unpaired) electrons. The van der Waals surface area contributed by atoms with Crippen molar-refractivity contribution in [1.82, 2.24) is 0 Å². The Hall–Kier alpha value is 0.110. The first-order chi connectivity index (χ1) is 3.80. The summed E-state index contributed by atoms with van der Waals surface area (Å²) >= 11 is 3.34. The van der Waals surface area contributed by atoms with Crippen LogP contribution in [0.1, 0.15) is 0 Å². The molecule has 1 heterocycles. The summed E-state index contributed by atoms with van der Waals surface area (Å²) < 4.78 is 5.05. The Kier molecular flexibility index (Phi) is 0.823. The van der Waals surface area contributed by atoms with Crippen molar-refractivity contribution in [3.63, 3.8) is 0 Å². The molecule has 0 aromatic rings. The number of halogens is 1. The van der Waals surface area contributed by atoms with E-state index in [-0.39, 0.29) is 17.8 Å². The minimum Gasteiger partial charge on any atom is -0.368 e. The molecule has 8 heavy (non-hydrogen) atoms. The van der Waals surface area contributed by atoms with Crippen LogP contribution in [0.3, 0.4) is 0 Å². The van der Waals surface area contributed by atoms with Gasteiger partial charge in [0.25, 0.3) is 0 Å². The Bertz CT molecular complexity index is 145. The maximum absolute atomic E-state index is 10.6. The number of hydrogen-bond acceptors (Lipinski definition) is 2. The number of fused-ring (bicyclic) bond motifs is 1. The molecule has 0 amide bonds. The van der Waals surface area contributed by atoms with Crippen molar-refractivity contribution in [2.45, 2.75) is 10.9 Å². The normalized spacial score (nSPS) is 51.6. The quantitative estimate of drug-likeness (QED) is 0.499. The highest BCUT2D eigenvalue weighted by atomic mass is 79.9. The van der Waals surface area contributed by atoms with Gasteiger partial charge in [0, 0.05) is 0 Å². The Morgan fingerprint density at radius 2 is 2.50 bits per heavy atom. The van der Waals surface area contributed by atoms with E-state index in [4.69, 9.17) is 4.74 Å². The first kappa shape index (κ1) is 4.94. The van der Waals surface area contributed by atoms with E-state index in [0.717, 1.165) is 0 Å². The lowest BCUT2D eigenvalue weighted by Crippen LogP contribution is -2.05. The molecule has 1 saturated heterocycles. The summed E-state index contributed by atoms with van der Waals surface area (Å²) in [4.78, 5) is 10.9. The summed E-state index contributed by atoms with van der Waals surface area (Å²) in [5.74, 6) is 0.480. The van der Waals surface area contributed by atoms with Crippen LogP contribution in [0.25, 0.3) is 0 Å². The Morgan fingerprint density at radius 1 is 1.75 bits per heavy atom. The summed E-state index contributed by atoms with van der Waals surface area (Å²) in [7, 11) is 0. The minimum absolute atomic E-state index is 0.0284. The van der Waals surface area contributed by atoms with Gasteiger partial charge in [-0.05, 0) is 0 Å². The summed E-state index contributed by atoms with van der Waals surface area (Å²) in [6.45, 7) is 0.709. The predicted molar refractivity (Wildman–Crippen MR) is 31.0 cm³/mol. The molecule has 1 aliphatic carbocycles. The lowest BCUT2D eigenvalue weighted by Gasteiger charge is -1.95. The maximum atomic E-state index is 10.6. The smallest absolute Gasteiger partial charge is 0.169 e. The fraction of sp³-hybridized carbons (Fsp3) is 0.800. The van der Waals surface area contributed by atoms with Crippen LogP contribution in [0.15, 0.2) is 0 Å². The van der Waals surface area contributed by atoms with Crippen molar-refractivity contribution < 1.29 is 9.53 Å². The first-order valence-electron chi connectivity index (χ1n) is 2.60. The number of ether oxygens (including phenoxy) is 1. The van der Waals surface area contributed by atoms with Crippen molar-refractivity contribution >= 4 is 21.7 Å². The molecule has 3 heteroatoms. The molecule has 3 unspecified atom stereocenters. The molecule has 0 N–H and O–H groups in total. The van der Waals surface area contributed by atoms with Gasteiger partial charge in [-0.1, -0.05) is 15.9 Å². The monoisotopic (exact) mass is 176 g/mol.